The van der Waals surface area contributed by atoms with E-state index in [1.165, 1.54) is 24.4 Å². The Morgan fingerprint density at radius 3 is 2.62 bits per heavy atom. The molecule has 0 fully saturated rings. The van der Waals surface area contributed by atoms with E-state index in [2.05, 4.69) is 23.1 Å². The minimum Gasteiger partial charge on any atom is -0.495 e. The molecule has 0 spiro atoms. The van der Waals surface area contributed by atoms with Crippen LogP contribution in [0.4, 0.5) is 23.8 Å². The summed E-state index contributed by atoms with van der Waals surface area (Å²) in [6.45, 7) is 10.8. The number of urea groups is 1. The average Bonchev–Trinajstić information content (AvgIpc) is 2.82. The number of carbonyl (C=O) groups excluding carboxylic acids is 1. The van der Waals surface area contributed by atoms with Gasteiger partial charge in [-0.15, -0.1) is 0 Å². The molecule has 2 aromatic heterocycles. The zero-order valence-electron chi connectivity index (χ0n) is 20.9. The highest BCUT2D eigenvalue weighted by molar-refractivity contribution is 6.32. The van der Waals surface area contributed by atoms with Crippen molar-refractivity contribution in [1.82, 2.24) is 14.9 Å². The molecule has 0 bridgehead atoms. The molecule has 2 heterocycles. The number of alkyl halides is 2. The minimum absolute atomic E-state index is 0.0162. The van der Waals surface area contributed by atoms with Crippen molar-refractivity contribution in [1.29, 1.82) is 0 Å². The standard InChI is InChI=1S/C25H28ClF3N4O4/c1-7-17(8-2)33(24(34)32(6)15-25(5,28)29)21-19(27)13-18(26)22(31-21)37-20-11-10-12-30-23(20)36-14-16(4)35-9-3/h7-8,10-13H,1,4,9,14-15H2,2-3,5-6H3. The van der Waals surface area contributed by atoms with E-state index in [-0.39, 0.29) is 34.8 Å². The van der Waals surface area contributed by atoms with Gasteiger partial charge in [0, 0.05) is 31.9 Å². The molecule has 0 aliphatic carbocycles. The van der Waals surface area contributed by atoms with Crippen molar-refractivity contribution in [2.75, 3.05) is 31.7 Å². The number of hydrogen-bond acceptors (Lipinski definition) is 6. The third-order valence-corrected chi connectivity index (χ3v) is 4.82. The number of aromatic nitrogens is 2. The Labute approximate surface area is 218 Å². The molecule has 0 aromatic carbocycles. The summed E-state index contributed by atoms with van der Waals surface area (Å²) >= 11 is 6.18. The van der Waals surface area contributed by atoms with E-state index in [9.17, 15) is 13.6 Å². The second-order valence-electron chi connectivity index (χ2n) is 7.71. The molecule has 12 heteroatoms. The van der Waals surface area contributed by atoms with E-state index in [1.807, 2.05) is 0 Å². The quantitative estimate of drug-likeness (QED) is 0.223. The smallest absolute Gasteiger partial charge is 0.330 e. The Morgan fingerprint density at radius 1 is 1.32 bits per heavy atom. The Balaban J connectivity index is 2.49. The molecule has 37 heavy (non-hydrogen) atoms. The van der Waals surface area contributed by atoms with Gasteiger partial charge in [0.25, 0.3) is 11.8 Å². The monoisotopic (exact) mass is 540 g/mol. The molecule has 0 unspecified atom stereocenters. The summed E-state index contributed by atoms with van der Waals surface area (Å²) < 4.78 is 58.9. The lowest BCUT2D eigenvalue weighted by Gasteiger charge is -2.30. The number of nitrogens with zero attached hydrogens (tertiary/aromatic N) is 4. The molecule has 0 saturated heterocycles. The van der Waals surface area contributed by atoms with Crippen LogP contribution in [0.3, 0.4) is 0 Å². The molecule has 0 saturated carbocycles. The van der Waals surface area contributed by atoms with Crippen LogP contribution in [0.25, 0.3) is 0 Å². The van der Waals surface area contributed by atoms with Crippen LogP contribution < -0.4 is 14.4 Å². The summed E-state index contributed by atoms with van der Waals surface area (Å²) in [6.07, 6.45) is 4.15. The second-order valence-corrected chi connectivity index (χ2v) is 8.12. The molecule has 0 aliphatic rings. The van der Waals surface area contributed by atoms with Crippen LogP contribution in [0.15, 0.2) is 61.2 Å². The number of carbonyl (C=O) groups is 1. The molecule has 2 aromatic rings. The average molecular weight is 541 g/mol. The van der Waals surface area contributed by atoms with Crippen molar-refractivity contribution in [3.05, 3.63) is 72.0 Å². The summed E-state index contributed by atoms with van der Waals surface area (Å²) in [5.74, 6) is -4.54. The topological polar surface area (TPSA) is 77.0 Å². The maximum absolute atomic E-state index is 15.1. The lowest BCUT2D eigenvalue weighted by atomic mass is 10.3. The van der Waals surface area contributed by atoms with Crippen molar-refractivity contribution in [2.24, 2.45) is 0 Å². The SMILES string of the molecule is C=CC(=CC)N(C(=O)N(C)CC(C)(F)F)c1nc(Oc2cccnc2OCC(=C)OCC)c(Cl)cc1F. The van der Waals surface area contributed by atoms with Gasteiger partial charge in [-0.25, -0.2) is 27.8 Å². The van der Waals surface area contributed by atoms with E-state index in [0.29, 0.717) is 19.3 Å². The number of rotatable bonds is 12. The zero-order valence-corrected chi connectivity index (χ0v) is 21.7. The molecule has 0 radical (unpaired) electrons. The molecule has 2 amide bonds. The fourth-order valence-electron chi connectivity index (χ4n) is 3.05. The van der Waals surface area contributed by atoms with Gasteiger partial charge in [0.05, 0.1) is 13.2 Å². The van der Waals surface area contributed by atoms with Crippen molar-refractivity contribution in [2.45, 2.75) is 26.7 Å². The van der Waals surface area contributed by atoms with Crippen LogP contribution in [0, 0.1) is 5.82 Å². The predicted octanol–water partition coefficient (Wildman–Crippen LogP) is 6.59. The summed E-state index contributed by atoms with van der Waals surface area (Å²) in [4.78, 5) is 22.9. The second kappa shape index (κ2) is 13.0. The first kappa shape index (κ1) is 29.5. The maximum atomic E-state index is 15.1. The van der Waals surface area contributed by atoms with Gasteiger partial charge >= 0.3 is 6.03 Å². The van der Waals surface area contributed by atoms with Gasteiger partial charge in [0.2, 0.25) is 5.88 Å². The number of amides is 2. The number of allylic oxidation sites excluding steroid dienone is 2. The molecule has 0 atom stereocenters. The van der Waals surface area contributed by atoms with E-state index < -0.39 is 30.1 Å². The summed E-state index contributed by atoms with van der Waals surface area (Å²) in [7, 11) is 1.16. The lowest BCUT2D eigenvalue weighted by molar-refractivity contribution is 0.00122. The fourth-order valence-corrected chi connectivity index (χ4v) is 3.22. The van der Waals surface area contributed by atoms with Crippen LogP contribution in [-0.4, -0.2) is 53.6 Å². The van der Waals surface area contributed by atoms with E-state index in [4.69, 9.17) is 25.8 Å². The normalized spacial score (nSPS) is 11.5. The van der Waals surface area contributed by atoms with Crippen molar-refractivity contribution in [3.63, 3.8) is 0 Å². The molecule has 0 aliphatic heterocycles. The molecule has 0 N–H and O–H groups in total. The molecule has 200 valence electrons. The van der Waals surface area contributed by atoms with Crippen LogP contribution in [0.2, 0.25) is 5.02 Å². The van der Waals surface area contributed by atoms with Gasteiger partial charge < -0.3 is 19.1 Å². The summed E-state index contributed by atoms with van der Waals surface area (Å²) in [6, 6.07) is 2.98. The summed E-state index contributed by atoms with van der Waals surface area (Å²) in [5.41, 5.74) is 0.0933. The van der Waals surface area contributed by atoms with Crippen molar-refractivity contribution < 1.29 is 32.2 Å². The third kappa shape index (κ3) is 8.14. The first-order valence-electron chi connectivity index (χ1n) is 11.1. The Morgan fingerprint density at radius 2 is 2.03 bits per heavy atom. The van der Waals surface area contributed by atoms with E-state index in [1.54, 1.807) is 19.9 Å². The fraction of sp³-hybridized carbons (Fsp3) is 0.320. The zero-order chi connectivity index (χ0) is 27.8. The number of pyridine rings is 2. The molecule has 8 nitrogen and oxygen atoms in total. The lowest BCUT2D eigenvalue weighted by Crippen LogP contribution is -2.45. The first-order chi connectivity index (χ1) is 17.4. The highest BCUT2D eigenvalue weighted by Gasteiger charge is 2.32. The van der Waals surface area contributed by atoms with E-state index in [0.717, 1.165) is 22.9 Å². The number of halogens is 4. The van der Waals surface area contributed by atoms with Gasteiger partial charge in [0.1, 0.15) is 17.4 Å². The first-order valence-corrected chi connectivity index (χ1v) is 11.4. The maximum Gasteiger partial charge on any atom is 0.330 e. The van der Waals surface area contributed by atoms with E-state index >= 15 is 4.39 Å². The van der Waals surface area contributed by atoms with Crippen LogP contribution in [0.1, 0.15) is 20.8 Å². The van der Waals surface area contributed by atoms with Crippen molar-refractivity contribution in [3.8, 4) is 17.5 Å². The number of hydrogen-bond donors (Lipinski definition) is 0. The van der Waals surface area contributed by atoms with Gasteiger partial charge in [0.15, 0.2) is 17.4 Å². The minimum atomic E-state index is -3.19. The Bertz CT molecular complexity index is 1170. The number of ether oxygens (including phenoxy) is 3. The van der Waals surface area contributed by atoms with Crippen LogP contribution in [0.5, 0.6) is 17.5 Å². The van der Waals surface area contributed by atoms with Crippen LogP contribution in [-0.2, 0) is 4.74 Å². The van der Waals surface area contributed by atoms with Gasteiger partial charge in [-0.3, -0.25) is 0 Å². The third-order valence-electron chi connectivity index (χ3n) is 4.55. The van der Waals surface area contributed by atoms with Crippen molar-refractivity contribution >= 4 is 23.4 Å². The van der Waals surface area contributed by atoms with Gasteiger partial charge in [-0.05, 0) is 32.1 Å². The molecule has 2 rings (SSSR count). The van der Waals surface area contributed by atoms with Gasteiger partial charge in [-0.1, -0.05) is 30.8 Å². The number of anilines is 1. The Hall–Kier alpha value is -3.73. The largest absolute Gasteiger partial charge is 0.495 e. The van der Waals surface area contributed by atoms with Gasteiger partial charge in [-0.2, -0.15) is 4.98 Å². The molecular formula is C25H28ClF3N4O4. The highest BCUT2D eigenvalue weighted by atomic mass is 35.5. The highest BCUT2D eigenvalue weighted by Crippen LogP contribution is 2.36. The predicted molar refractivity (Wildman–Crippen MR) is 135 cm³/mol. The van der Waals surface area contributed by atoms with Crippen LogP contribution >= 0.6 is 11.6 Å². The molecular weight excluding hydrogens is 513 g/mol. The Kier molecular flexibility index (Phi) is 10.4. The summed E-state index contributed by atoms with van der Waals surface area (Å²) in [5, 5.41) is -0.226.